The van der Waals surface area contributed by atoms with Crippen molar-refractivity contribution in [1.29, 1.82) is 0 Å². The Morgan fingerprint density at radius 1 is 1.02 bits per heavy atom. The summed E-state index contributed by atoms with van der Waals surface area (Å²) in [6.45, 7) is 5.42. The molecule has 2 aromatic carbocycles. The van der Waals surface area contributed by atoms with Crippen LogP contribution in [0.1, 0.15) is 38.3 Å². The van der Waals surface area contributed by atoms with Gasteiger partial charge in [-0.25, -0.2) is 0 Å². The SMILES string of the molecule is CN(C)[C@H]1C(=O)C(C(N)=O)=C(O)[C@@]2(O)C(=O)C3=C(O)c4c(O)ccc(-c5ccc(NC(=O)C(C)(C)C)cc5)c4C[C@@H]3C[C@H]12. The van der Waals surface area contributed by atoms with Gasteiger partial charge >= 0.3 is 0 Å². The molecule has 7 N–H and O–H groups in total. The highest BCUT2D eigenvalue weighted by Gasteiger charge is 2.64. The number of primary amides is 1. The second-order valence-corrected chi connectivity index (χ2v) is 12.7. The van der Waals surface area contributed by atoms with Crippen molar-refractivity contribution in [2.45, 2.75) is 45.3 Å². The number of nitrogens with one attached hydrogen (secondary N) is 1. The van der Waals surface area contributed by atoms with E-state index in [1.165, 1.54) is 11.0 Å². The molecule has 0 spiro atoms. The summed E-state index contributed by atoms with van der Waals surface area (Å²) in [6.07, 6.45) is 0.166. The van der Waals surface area contributed by atoms with Crippen molar-refractivity contribution in [2.75, 3.05) is 19.4 Å². The van der Waals surface area contributed by atoms with Crippen molar-refractivity contribution in [2.24, 2.45) is 23.0 Å². The topological polar surface area (TPSA) is 190 Å². The molecular weight excluding hydrogens is 554 g/mol. The minimum absolute atomic E-state index is 0.00136. The van der Waals surface area contributed by atoms with Crippen molar-refractivity contribution >= 4 is 34.8 Å². The number of aromatic hydroxyl groups is 1. The predicted molar refractivity (Wildman–Crippen MR) is 158 cm³/mol. The third kappa shape index (κ3) is 4.50. The van der Waals surface area contributed by atoms with Crippen LogP contribution in [0.25, 0.3) is 16.9 Å². The lowest BCUT2D eigenvalue weighted by molar-refractivity contribution is -0.153. The zero-order valence-corrected chi connectivity index (χ0v) is 24.6. The first kappa shape index (κ1) is 30.0. The van der Waals surface area contributed by atoms with Crippen molar-refractivity contribution in [3.63, 3.8) is 0 Å². The number of hydrogen-bond acceptors (Lipinski definition) is 9. The van der Waals surface area contributed by atoms with Crippen LogP contribution < -0.4 is 11.1 Å². The van der Waals surface area contributed by atoms with Gasteiger partial charge in [0.25, 0.3) is 5.91 Å². The van der Waals surface area contributed by atoms with Crippen LogP contribution in [-0.2, 0) is 25.6 Å². The van der Waals surface area contributed by atoms with Gasteiger partial charge in [0.05, 0.1) is 11.6 Å². The zero-order chi connectivity index (χ0) is 31.8. The number of Topliss-reactive ketones (excluding diaryl/α,β-unsaturated/α-hetero) is 2. The van der Waals surface area contributed by atoms with Gasteiger partial charge in [-0.15, -0.1) is 0 Å². The van der Waals surface area contributed by atoms with E-state index in [1.54, 1.807) is 44.4 Å². The Hall–Kier alpha value is -4.48. The standard InChI is InChI=1S/C32H35N3O8/c1-31(2,3)30(42)34-16-8-6-14(7-9-16)17-10-11-20(36)22-18(17)12-15-13-19-24(35(4)5)26(38)23(29(33)41)28(40)32(19,43)27(39)21(15)25(22)37/h6-11,15,19,24,36-37,40,43H,12-13H2,1-5H3,(H2,33,41)(H,34,42)/t15-,19-,24-,32+/m1/s1. The molecule has 11 heteroatoms. The van der Waals surface area contributed by atoms with Crippen LogP contribution in [-0.4, -0.2) is 74.4 Å². The molecule has 1 fully saturated rings. The van der Waals surface area contributed by atoms with Crippen LogP contribution in [0.3, 0.4) is 0 Å². The molecule has 0 radical (unpaired) electrons. The number of amides is 2. The van der Waals surface area contributed by atoms with Gasteiger partial charge in [-0.3, -0.25) is 24.1 Å². The van der Waals surface area contributed by atoms with Gasteiger partial charge < -0.3 is 31.5 Å². The summed E-state index contributed by atoms with van der Waals surface area (Å²) in [6, 6.07) is 8.99. The molecule has 0 aromatic heterocycles. The summed E-state index contributed by atoms with van der Waals surface area (Å²) in [4.78, 5) is 53.3. The predicted octanol–water partition coefficient (Wildman–Crippen LogP) is 2.62. The lowest BCUT2D eigenvalue weighted by Gasteiger charge is -2.50. The third-order valence-corrected chi connectivity index (χ3v) is 8.74. The van der Waals surface area contributed by atoms with Crippen LogP contribution in [0, 0.1) is 17.3 Å². The van der Waals surface area contributed by atoms with Crippen molar-refractivity contribution < 1.29 is 39.6 Å². The first-order valence-electron chi connectivity index (χ1n) is 13.9. The molecule has 226 valence electrons. The molecule has 4 atom stereocenters. The van der Waals surface area contributed by atoms with Crippen LogP contribution in [0.5, 0.6) is 5.75 Å². The number of anilines is 1. The number of hydrogen-bond donors (Lipinski definition) is 6. The fourth-order valence-corrected chi connectivity index (χ4v) is 6.57. The van der Waals surface area contributed by atoms with Crippen LogP contribution >= 0.6 is 0 Å². The summed E-state index contributed by atoms with van der Waals surface area (Å²) in [5.74, 6) is -7.10. The van der Waals surface area contributed by atoms with Crippen molar-refractivity contribution in [3.8, 4) is 16.9 Å². The molecule has 5 rings (SSSR count). The molecule has 2 amide bonds. The maximum Gasteiger partial charge on any atom is 0.255 e. The van der Waals surface area contributed by atoms with Gasteiger partial charge in [0.1, 0.15) is 22.8 Å². The first-order chi connectivity index (χ1) is 20.0. The molecule has 0 unspecified atom stereocenters. The molecule has 0 saturated heterocycles. The second-order valence-electron chi connectivity index (χ2n) is 12.7. The fourth-order valence-electron chi connectivity index (χ4n) is 6.57. The summed E-state index contributed by atoms with van der Waals surface area (Å²) in [7, 11) is 3.11. The maximum absolute atomic E-state index is 14.0. The molecular formula is C32H35N3O8. The summed E-state index contributed by atoms with van der Waals surface area (Å²) in [5.41, 5.74) is 3.60. The van der Waals surface area contributed by atoms with E-state index in [0.717, 1.165) is 5.56 Å². The highest BCUT2D eigenvalue weighted by molar-refractivity contribution is 6.24. The minimum atomic E-state index is -2.69. The Morgan fingerprint density at radius 2 is 1.65 bits per heavy atom. The highest BCUT2D eigenvalue weighted by atomic mass is 16.3. The number of carbonyl (C=O) groups excluding carboxylic acids is 4. The van der Waals surface area contributed by atoms with Gasteiger partial charge in [-0.2, -0.15) is 0 Å². The van der Waals surface area contributed by atoms with E-state index in [-0.39, 0.29) is 35.6 Å². The van der Waals surface area contributed by atoms with Gasteiger partial charge in [0.2, 0.25) is 11.7 Å². The number of aliphatic hydroxyl groups excluding tert-OH is 2. The number of carbonyl (C=O) groups is 4. The number of nitrogens with two attached hydrogens (primary N) is 1. The van der Waals surface area contributed by atoms with E-state index in [0.29, 0.717) is 16.8 Å². The Labute approximate surface area is 248 Å². The number of nitrogens with zero attached hydrogens (tertiary/aromatic N) is 1. The quantitative estimate of drug-likeness (QED) is 0.291. The Morgan fingerprint density at radius 3 is 2.21 bits per heavy atom. The molecule has 43 heavy (non-hydrogen) atoms. The summed E-state index contributed by atoms with van der Waals surface area (Å²) < 4.78 is 0. The molecule has 0 heterocycles. The summed E-state index contributed by atoms with van der Waals surface area (Å²) in [5, 5.41) is 47.9. The monoisotopic (exact) mass is 589 g/mol. The van der Waals surface area contributed by atoms with Crippen LogP contribution in [0.2, 0.25) is 0 Å². The van der Waals surface area contributed by atoms with Gasteiger partial charge in [-0.1, -0.05) is 39.0 Å². The lowest BCUT2D eigenvalue weighted by atomic mass is 9.57. The average Bonchev–Trinajstić information content (AvgIpc) is 2.90. The van der Waals surface area contributed by atoms with Crippen molar-refractivity contribution in [1.82, 2.24) is 4.90 Å². The zero-order valence-electron chi connectivity index (χ0n) is 24.6. The van der Waals surface area contributed by atoms with E-state index >= 15 is 0 Å². The molecule has 0 bridgehead atoms. The van der Waals surface area contributed by atoms with Crippen LogP contribution in [0.4, 0.5) is 5.69 Å². The minimum Gasteiger partial charge on any atom is -0.508 e. The second kappa shape index (κ2) is 10.1. The number of likely N-dealkylation sites (N-methyl/N-ethyl adjacent to an activating group) is 1. The van der Waals surface area contributed by atoms with E-state index in [4.69, 9.17) is 5.73 Å². The average molecular weight is 590 g/mol. The van der Waals surface area contributed by atoms with E-state index in [9.17, 15) is 39.6 Å². The largest absolute Gasteiger partial charge is 0.508 e. The maximum atomic E-state index is 14.0. The third-order valence-electron chi connectivity index (χ3n) is 8.74. The van der Waals surface area contributed by atoms with Gasteiger partial charge in [0, 0.05) is 22.6 Å². The number of benzene rings is 2. The van der Waals surface area contributed by atoms with Gasteiger partial charge in [-0.05, 0) is 67.7 Å². The lowest BCUT2D eigenvalue weighted by Crippen LogP contribution is -2.65. The van der Waals surface area contributed by atoms with Crippen LogP contribution in [0.15, 0.2) is 53.3 Å². The highest BCUT2D eigenvalue weighted by Crippen LogP contribution is 2.53. The Bertz CT molecular complexity index is 1650. The molecule has 3 aliphatic rings. The van der Waals surface area contributed by atoms with E-state index in [2.05, 4.69) is 5.32 Å². The Balaban J connectivity index is 1.62. The smallest absolute Gasteiger partial charge is 0.255 e. The number of phenols is 1. The molecule has 11 nitrogen and oxygen atoms in total. The molecule has 1 saturated carbocycles. The van der Waals surface area contributed by atoms with Gasteiger partial charge in [0.15, 0.2) is 11.4 Å². The van der Waals surface area contributed by atoms with E-state index < -0.39 is 63.5 Å². The number of rotatable bonds is 4. The molecule has 2 aromatic rings. The number of fused-ring (bicyclic) bond motifs is 3. The first-order valence-corrected chi connectivity index (χ1v) is 13.9. The molecule has 3 aliphatic carbocycles. The van der Waals surface area contributed by atoms with E-state index in [1.807, 2.05) is 20.8 Å². The fraction of sp³-hybridized carbons (Fsp3) is 0.375. The normalized spacial score (nSPS) is 25.3. The molecule has 0 aliphatic heterocycles. The number of ketones is 2. The summed E-state index contributed by atoms with van der Waals surface area (Å²) >= 11 is 0. The van der Waals surface area contributed by atoms with Crippen molar-refractivity contribution in [3.05, 3.63) is 64.4 Å². The number of phenolic OH excluding ortho intramolecular Hbond substituents is 1. The Kier molecular flexibility index (Phi) is 7.02. The number of aliphatic hydroxyl groups is 3.